The van der Waals surface area contributed by atoms with E-state index in [-0.39, 0.29) is 5.91 Å². The highest BCUT2D eigenvalue weighted by molar-refractivity contribution is 5.89. The zero-order chi connectivity index (χ0) is 10.6. The van der Waals surface area contributed by atoms with Gasteiger partial charge in [0.25, 0.3) is 0 Å². The minimum atomic E-state index is -0.516. The number of carbonyl (C=O) groups excluding carboxylic acids is 1. The van der Waals surface area contributed by atoms with Gasteiger partial charge in [0, 0.05) is 18.2 Å². The number of para-hydroxylation sites is 1. The van der Waals surface area contributed by atoms with E-state index < -0.39 is 6.10 Å². The van der Waals surface area contributed by atoms with Crippen molar-refractivity contribution in [3.63, 3.8) is 0 Å². The lowest BCUT2D eigenvalue weighted by molar-refractivity contribution is -0.114. The van der Waals surface area contributed by atoms with E-state index in [1.165, 1.54) is 6.92 Å². The van der Waals surface area contributed by atoms with Crippen molar-refractivity contribution in [2.24, 2.45) is 0 Å². The van der Waals surface area contributed by atoms with Crippen molar-refractivity contribution in [3.05, 3.63) is 29.8 Å². The van der Waals surface area contributed by atoms with E-state index in [4.69, 9.17) is 0 Å². The number of aliphatic hydroxyl groups excluding tert-OH is 1. The van der Waals surface area contributed by atoms with Crippen LogP contribution in [-0.4, -0.2) is 11.0 Å². The van der Waals surface area contributed by atoms with Crippen molar-refractivity contribution in [1.29, 1.82) is 0 Å². The molecule has 1 aromatic rings. The van der Waals surface area contributed by atoms with Gasteiger partial charge in [0.1, 0.15) is 0 Å². The van der Waals surface area contributed by atoms with Gasteiger partial charge in [-0.2, -0.15) is 0 Å². The van der Waals surface area contributed by atoms with Crippen molar-refractivity contribution in [2.45, 2.75) is 26.4 Å². The lowest BCUT2D eigenvalue weighted by Gasteiger charge is -2.13. The van der Waals surface area contributed by atoms with E-state index in [1.807, 2.05) is 25.1 Å². The van der Waals surface area contributed by atoms with Gasteiger partial charge in [-0.05, 0) is 12.5 Å². The Hall–Kier alpha value is -1.35. The van der Waals surface area contributed by atoms with Crippen LogP contribution in [0.15, 0.2) is 24.3 Å². The van der Waals surface area contributed by atoms with Crippen LogP contribution >= 0.6 is 0 Å². The summed E-state index contributed by atoms with van der Waals surface area (Å²) in [7, 11) is 0. The molecule has 3 nitrogen and oxygen atoms in total. The first kappa shape index (κ1) is 10.7. The predicted molar refractivity (Wildman–Crippen MR) is 56.0 cm³/mol. The Morgan fingerprint density at radius 3 is 2.71 bits per heavy atom. The SMILES string of the molecule is CCC(O)c1ccccc1NC(C)=O. The summed E-state index contributed by atoms with van der Waals surface area (Å²) in [6.45, 7) is 3.35. The average Bonchev–Trinajstić information content (AvgIpc) is 2.16. The molecule has 1 atom stereocenters. The first-order chi connectivity index (χ1) is 6.65. The third-order valence-corrected chi connectivity index (χ3v) is 2.02. The quantitative estimate of drug-likeness (QED) is 0.772. The summed E-state index contributed by atoms with van der Waals surface area (Å²) < 4.78 is 0. The Morgan fingerprint density at radius 2 is 2.14 bits per heavy atom. The highest BCUT2D eigenvalue weighted by atomic mass is 16.3. The summed E-state index contributed by atoms with van der Waals surface area (Å²) in [6, 6.07) is 7.28. The van der Waals surface area contributed by atoms with E-state index in [0.29, 0.717) is 12.1 Å². The molecular weight excluding hydrogens is 178 g/mol. The zero-order valence-corrected chi connectivity index (χ0v) is 8.45. The number of rotatable bonds is 3. The monoisotopic (exact) mass is 193 g/mol. The standard InChI is InChI=1S/C11H15NO2/c1-3-11(14)9-6-4-5-7-10(9)12-8(2)13/h4-7,11,14H,3H2,1-2H3,(H,12,13). The number of aliphatic hydroxyl groups is 1. The zero-order valence-electron chi connectivity index (χ0n) is 8.45. The molecule has 0 aromatic heterocycles. The molecule has 0 fully saturated rings. The molecule has 76 valence electrons. The Labute approximate surface area is 83.8 Å². The summed E-state index contributed by atoms with van der Waals surface area (Å²) >= 11 is 0. The lowest BCUT2D eigenvalue weighted by atomic mass is 10.1. The fourth-order valence-electron chi connectivity index (χ4n) is 1.31. The van der Waals surface area contributed by atoms with Crippen molar-refractivity contribution < 1.29 is 9.90 Å². The second-order valence-corrected chi connectivity index (χ2v) is 3.19. The molecule has 0 saturated carbocycles. The van der Waals surface area contributed by atoms with Crippen LogP contribution in [0.4, 0.5) is 5.69 Å². The lowest BCUT2D eigenvalue weighted by Crippen LogP contribution is -2.09. The van der Waals surface area contributed by atoms with Gasteiger partial charge in [-0.15, -0.1) is 0 Å². The Balaban J connectivity index is 2.96. The van der Waals surface area contributed by atoms with Crippen LogP contribution in [0, 0.1) is 0 Å². The summed E-state index contributed by atoms with van der Waals surface area (Å²) in [5.74, 6) is -0.124. The Morgan fingerprint density at radius 1 is 1.50 bits per heavy atom. The van der Waals surface area contributed by atoms with Gasteiger partial charge >= 0.3 is 0 Å². The number of anilines is 1. The van der Waals surface area contributed by atoms with E-state index in [9.17, 15) is 9.90 Å². The normalized spacial score (nSPS) is 12.2. The molecule has 14 heavy (non-hydrogen) atoms. The number of nitrogens with one attached hydrogen (secondary N) is 1. The van der Waals surface area contributed by atoms with Crippen LogP contribution in [-0.2, 0) is 4.79 Å². The van der Waals surface area contributed by atoms with Crippen LogP contribution in [0.3, 0.4) is 0 Å². The van der Waals surface area contributed by atoms with Crippen molar-refractivity contribution in [2.75, 3.05) is 5.32 Å². The van der Waals surface area contributed by atoms with E-state index in [0.717, 1.165) is 5.56 Å². The second kappa shape index (κ2) is 4.77. The molecule has 1 rings (SSSR count). The third kappa shape index (κ3) is 2.57. The fraction of sp³-hybridized carbons (Fsp3) is 0.364. The van der Waals surface area contributed by atoms with Crippen LogP contribution in [0.2, 0.25) is 0 Å². The average molecular weight is 193 g/mol. The molecule has 0 saturated heterocycles. The maximum Gasteiger partial charge on any atom is 0.221 e. The highest BCUT2D eigenvalue weighted by Crippen LogP contribution is 2.24. The molecule has 1 aromatic carbocycles. The molecule has 0 bridgehead atoms. The van der Waals surface area contributed by atoms with Crippen LogP contribution < -0.4 is 5.32 Å². The first-order valence-corrected chi connectivity index (χ1v) is 4.69. The minimum absolute atomic E-state index is 0.124. The van der Waals surface area contributed by atoms with Crippen molar-refractivity contribution in [3.8, 4) is 0 Å². The van der Waals surface area contributed by atoms with Crippen LogP contribution in [0.25, 0.3) is 0 Å². The summed E-state index contributed by atoms with van der Waals surface area (Å²) in [5.41, 5.74) is 1.46. The van der Waals surface area contributed by atoms with Gasteiger partial charge in [-0.1, -0.05) is 25.1 Å². The van der Waals surface area contributed by atoms with Gasteiger partial charge in [0.05, 0.1) is 6.10 Å². The molecule has 1 unspecified atom stereocenters. The number of amides is 1. The van der Waals surface area contributed by atoms with Gasteiger partial charge < -0.3 is 10.4 Å². The molecule has 2 N–H and O–H groups in total. The van der Waals surface area contributed by atoms with Gasteiger partial charge in [-0.3, -0.25) is 4.79 Å². The number of hydrogen-bond donors (Lipinski definition) is 2. The van der Waals surface area contributed by atoms with Crippen LogP contribution in [0.5, 0.6) is 0 Å². The van der Waals surface area contributed by atoms with Crippen LogP contribution in [0.1, 0.15) is 31.9 Å². The van der Waals surface area contributed by atoms with Gasteiger partial charge in [0.2, 0.25) is 5.91 Å². The van der Waals surface area contributed by atoms with Gasteiger partial charge in [0.15, 0.2) is 0 Å². The molecule has 0 aliphatic rings. The largest absolute Gasteiger partial charge is 0.388 e. The molecule has 0 aliphatic carbocycles. The fourth-order valence-corrected chi connectivity index (χ4v) is 1.31. The maximum absolute atomic E-state index is 10.9. The third-order valence-electron chi connectivity index (χ3n) is 2.02. The van der Waals surface area contributed by atoms with Crippen molar-refractivity contribution >= 4 is 11.6 Å². The van der Waals surface area contributed by atoms with Crippen molar-refractivity contribution in [1.82, 2.24) is 0 Å². The molecule has 3 heteroatoms. The van der Waals surface area contributed by atoms with E-state index in [1.54, 1.807) is 6.07 Å². The Kier molecular flexibility index (Phi) is 3.65. The number of benzene rings is 1. The maximum atomic E-state index is 10.9. The van der Waals surface area contributed by atoms with Gasteiger partial charge in [-0.25, -0.2) is 0 Å². The summed E-state index contributed by atoms with van der Waals surface area (Å²) in [6.07, 6.45) is 0.120. The molecular formula is C11H15NO2. The topological polar surface area (TPSA) is 49.3 Å². The molecule has 1 amide bonds. The van der Waals surface area contributed by atoms with E-state index >= 15 is 0 Å². The molecule has 0 radical (unpaired) electrons. The second-order valence-electron chi connectivity index (χ2n) is 3.19. The molecule has 0 heterocycles. The molecule has 0 aliphatic heterocycles. The summed E-state index contributed by atoms with van der Waals surface area (Å²) in [5, 5.41) is 12.4. The van der Waals surface area contributed by atoms with E-state index in [2.05, 4.69) is 5.32 Å². The highest BCUT2D eigenvalue weighted by Gasteiger charge is 2.09. The Bertz CT molecular complexity index is 323. The summed E-state index contributed by atoms with van der Waals surface area (Å²) in [4.78, 5) is 10.9. The first-order valence-electron chi connectivity index (χ1n) is 4.69. The minimum Gasteiger partial charge on any atom is -0.388 e. The predicted octanol–water partition coefficient (Wildman–Crippen LogP) is 2.09. The number of carbonyl (C=O) groups is 1. The number of hydrogen-bond acceptors (Lipinski definition) is 2. The molecule has 0 spiro atoms. The smallest absolute Gasteiger partial charge is 0.221 e.